The van der Waals surface area contributed by atoms with Crippen LogP contribution in [0.25, 0.3) is 10.2 Å². The van der Waals surface area contributed by atoms with E-state index in [2.05, 4.69) is 15.4 Å². The van der Waals surface area contributed by atoms with Gasteiger partial charge in [0.1, 0.15) is 21.4 Å². The molecule has 2 amide bonds. The van der Waals surface area contributed by atoms with Crippen LogP contribution < -0.4 is 11.1 Å². The lowest BCUT2D eigenvalue weighted by Gasteiger charge is -2.14. The summed E-state index contributed by atoms with van der Waals surface area (Å²) in [6.45, 7) is 3.49. The van der Waals surface area contributed by atoms with E-state index in [-0.39, 0.29) is 27.0 Å². The number of rotatable bonds is 6. The van der Waals surface area contributed by atoms with E-state index in [0.29, 0.717) is 10.9 Å². The van der Waals surface area contributed by atoms with Gasteiger partial charge < -0.3 is 11.1 Å². The zero-order valence-corrected chi connectivity index (χ0v) is 16.6. The fraction of sp³-hybridized carbons (Fsp3) is 0.368. The third kappa shape index (κ3) is 3.59. The molecule has 3 heterocycles. The summed E-state index contributed by atoms with van der Waals surface area (Å²) in [5, 5.41) is 7.54. The van der Waals surface area contributed by atoms with Crippen molar-refractivity contribution in [2.75, 3.05) is 5.32 Å². The minimum Gasteiger partial charge on any atom is -0.365 e. The first-order valence-corrected chi connectivity index (χ1v) is 9.95. The molecule has 152 valence electrons. The highest BCUT2D eigenvalue weighted by Crippen LogP contribution is 2.48. The van der Waals surface area contributed by atoms with Crippen molar-refractivity contribution in [2.24, 2.45) is 5.73 Å². The molecule has 3 aromatic heterocycles. The molecule has 3 aromatic rings. The van der Waals surface area contributed by atoms with Gasteiger partial charge in [-0.1, -0.05) is 0 Å². The number of aromatic nitrogens is 3. The SMILES string of the molecule is Cc1ccn(C(C)C(=O)Nc2c(C(N)=O)sc3nc(C(F)F)cc(C4CC4)c23)n1. The summed E-state index contributed by atoms with van der Waals surface area (Å²) >= 11 is 0.920. The zero-order chi connectivity index (χ0) is 20.9. The quantitative estimate of drug-likeness (QED) is 0.632. The molecule has 1 aliphatic rings. The molecule has 0 spiro atoms. The fourth-order valence-electron chi connectivity index (χ4n) is 3.26. The second kappa shape index (κ2) is 7.18. The van der Waals surface area contributed by atoms with Crippen molar-refractivity contribution in [3.63, 3.8) is 0 Å². The van der Waals surface area contributed by atoms with Gasteiger partial charge in [0.15, 0.2) is 0 Å². The van der Waals surface area contributed by atoms with Crippen LogP contribution in [-0.2, 0) is 4.79 Å². The Labute approximate surface area is 168 Å². The molecule has 1 fully saturated rings. The molecule has 0 saturated heterocycles. The van der Waals surface area contributed by atoms with Crippen molar-refractivity contribution >= 4 is 39.1 Å². The number of anilines is 1. The van der Waals surface area contributed by atoms with Crippen LogP contribution in [0.2, 0.25) is 0 Å². The molecule has 7 nitrogen and oxygen atoms in total. The minimum absolute atomic E-state index is 0.0954. The third-order valence-corrected chi connectivity index (χ3v) is 6.04. The molecular weight excluding hydrogens is 400 g/mol. The number of alkyl halides is 2. The normalized spacial score (nSPS) is 15.1. The average molecular weight is 419 g/mol. The van der Waals surface area contributed by atoms with E-state index in [1.54, 1.807) is 19.2 Å². The molecule has 1 saturated carbocycles. The number of nitrogens with one attached hydrogen (secondary N) is 1. The average Bonchev–Trinajstić information content (AvgIpc) is 3.33. The number of pyridine rings is 1. The number of hydrogen-bond donors (Lipinski definition) is 2. The largest absolute Gasteiger partial charge is 0.365 e. The molecule has 3 N–H and O–H groups in total. The molecule has 0 aliphatic heterocycles. The lowest BCUT2D eigenvalue weighted by atomic mass is 10.0. The number of hydrogen-bond acceptors (Lipinski definition) is 5. The Morgan fingerprint density at radius 3 is 2.66 bits per heavy atom. The molecule has 1 atom stereocenters. The number of nitrogens with zero attached hydrogens (tertiary/aromatic N) is 3. The van der Waals surface area contributed by atoms with E-state index in [1.165, 1.54) is 10.7 Å². The topological polar surface area (TPSA) is 103 Å². The predicted molar refractivity (Wildman–Crippen MR) is 105 cm³/mol. The van der Waals surface area contributed by atoms with Gasteiger partial charge in [0.2, 0.25) is 5.91 Å². The Hall–Kier alpha value is -2.88. The number of fused-ring (bicyclic) bond motifs is 1. The molecule has 0 bridgehead atoms. The van der Waals surface area contributed by atoms with Crippen LogP contribution >= 0.6 is 11.3 Å². The van der Waals surface area contributed by atoms with Gasteiger partial charge in [-0.3, -0.25) is 14.3 Å². The zero-order valence-electron chi connectivity index (χ0n) is 15.8. The van der Waals surface area contributed by atoms with Crippen LogP contribution in [0.5, 0.6) is 0 Å². The van der Waals surface area contributed by atoms with E-state index in [0.717, 1.165) is 29.9 Å². The van der Waals surface area contributed by atoms with Crippen LogP contribution in [-0.4, -0.2) is 26.6 Å². The number of nitrogens with two attached hydrogens (primary N) is 1. The van der Waals surface area contributed by atoms with Crippen LogP contribution in [0.1, 0.15) is 64.8 Å². The second-order valence-electron chi connectivity index (χ2n) is 7.16. The molecule has 29 heavy (non-hydrogen) atoms. The highest BCUT2D eigenvalue weighted by Gasteiger charge is 2.32. The summed E-state index contributed by atoms with van der Waals surface area (Å²) in [6.07, 6.45) is 0.684. The highest BCUT2D eigenvalue weighted by atomic mass is 32.1. The lowest BCUT2D eigenvalue weighted by molar-refractivity contribution is -0.119. The first kappa shape index (κ1) is 19.4. The van der Waals surface area contributed by atoms with Gasteiger partial charge in [0.05, 0.1) is 11.4 Å². The smallest absolute Gasteiger partial charge is 0.280 e. The van der Waals surface area contributed by atoms with Gasteiger partial charge >= 0.3 is 0 Å². The third-order valence-electron chi connectivity index (χ3n) is 4.94. The van der Waals surface area contributed by atoms with Crippen molar-refractivity contribution in [3.05, 3.63) is 40.2 Å². The van der Waals surface area contributed by atoms with E-state index in [1.807, 2.05) is 6.92 Å². The Morgan fingerprint density at radius 1 is 1.38 bits per heavy atom. The van der Waals surface area contributed by atoms with Crippen LogP contribution in [0, 0.1) is 6.92 Å². The van der Waals surface area contributed by atoms with Gasteiger partial charge in [-0.25, -0.2) is 13.8 Å². The van der Waals surface area contributed by atoms with E-state index < -0.39 is 24.3 Å². The summed E-state index contributed by atoms with van der Waals surface area (Å²) in [5.74, 6) is -1.03. The maximum atomic E-state index is 13.3. The Bertz CT molecular complexity index is 1120. The van der Waals surface area contributed by atoms with Gasteiger partial charge in [0.25, 0.3) is 12.3 Å². The van der Waals surface area contributed by atoms with Gasteiger partial charge in [-0.15, -0.1) is 11.3 Å². The molecule has 0 radical (unpaired) electrons. The summed E-state index contributed by atoms with van der Waals surface area (Å²) in [5.41, 5.74) is 6.86. The van der Waals surface area contributed by atoms with Crippen LogP contribution in [0.4, 0.5) is 14.5 Å². The number of amides is 2. The van der Waals surface area contributed by atoms with Crippen molar-refractivity contribution in [2.45, 2.75) is 45.1 Å². The van der Waals surface area contributed by atoms with Crippen molar-refractivity contribution in [1.82, 2.24) is 14.8 Å². The first-order chi connectivity index (χ1) is 13.8. The van der Waals surface area contributed by atoms with Crippen LogP contribution in [0.3, 0.4) is 0 Å². The molecular formula is C19H19F2N5O2S. The Morgan fingerprint density at radius 2 is 2.10 bits per heavy atom. The van der Waals surface area contributed by atoms with Gasteiger partial charge in [0, 0.05) is 11.6 Å². The number of carbonyl (C=O) groups excluding carboxylic acids is 2. The van der Waals surface area contributed by atoms with Crippen molar-refractivity contribution < 1.29 is 18.4 Å². The molecule has 4 rings (SSSR count). The standard InChI is InChI=1S/C19H19F2N5O2S/c1-8-5-6-26(25-8)9(2)18(28)24-14-13-11(10-3-4-10)7-12(16(20)21)23-19(13)29-15(14)17(22)27/h5-7,9-10,16H,3-4H2,1-2H3,(H2,22,27)(H,24,28). The number of aryl methyl sites for hydroxylation is 1. The van der Waals surface area contributed by atoms with Crippen molar-refractivity contribution in [3.8, 4) is 0 Å². The summed E-state index contributed by atoms with van der Waals surface area (Å²) in [7, 11) is 0. The maximum absolute atomic E-state index is 13.3. The molecule has 1 unspecified atom stereocenters. The number of primary amides is 1. The summed E-state index contributed by atoms with van der Waals surface area (Å²) < 4.78 is 28.1. The predicted octanol–water partition coefficient (Wildman–Crippen LogP) is 3.91. The van der Waals surface area contributed by atoms with Gasteiger partial charge in [-0.2, -0.15) is 5.10 Å². The molecule has 1 aliphatic carbocycles. The van der Waals surface area contributed by atoms with E-state index >= 15 is 0 Å². The first-order valence-electron chi connectivity index (χ1n) is 9.14. The highest BCUT2D eigenvalue weighted by molar-refractivity contribution is 7.21. The minimum atomic E-state index is -2.72. The summed E-state index contributed by atoms with van der Waals surface area (Å²) in [6, 6.07) is 2.51. The summed E-state index contributed by atoms with van der Waals surface area (Å²) in [4.78, 5) is 29.3. The fourth-order valence-corrected chi connectivity index (χ4v) is 4.29. The Kier molecular flexibility index (Phi) is 4.81. The number of carbonyl (C=O) groups is 2. The maximum Gasteiger partial charge on any atom is 0.280 e. The monoisotopic (exact) mass is 419 g/mol. The molecule has 10 heteroatoms. The Balaban J connectivity index is 1.81. The molecule has 0 aromatic carbocycles. The van der Waals surface area contributed by atoms with E-state index in [4.69, 9.17) is 5.73 Å². The lowest BCUT2D eigenvalue weighted by Crippen LogP contribution is -2.25. The second-order valence-corrected chi connectivity index (χ2v) is 8.16. The van der Waals surface area contributed by atoms with Crippen molar-refractivity contribution in [1.29, 1.82) is 0 Å². The van der Waals surface area contributed by atoms with Crippen LogP contribution in [0.15, 0.2) is 18.3 Å². The number of thiophene rings is 1. The van der Waals surface area contributed by atoms with E-state index in [9.17, 15) is 18.4 Å². The number of halogens is 2. The van der Waals surface area contributed by atoms with Gasteiger partial charge in [-0.05, 0) is 50.3 Å².